The van der Waals surface area contributed by atoms with Crippen LogP contribution < -0.4 is 10.6 Å². The Kier molecular flexibility index (Phi) is 8.16. The van der Waals surface area contributed by atoms with Gasteiger partial charge in [-0.25, -0.2) is 0 Å². The molecule has 0 aromatic heterocycles. The van der Waals surface area contributed by atoms with Gasteiger partial charge in [0, 0.05) is 32.7 Å². The Morgan fingerprint density at radius 3 is 2.39 bits per heavy atom. The number of rotatable bonds is 7. The summed E-state index contributed by atoms with van der Waals surface area (Å²) in [4.78, 5) is 9.70. The van der Waals surface area contributed by atoms with Crippen LogP contribution in [0.2, 0.25) is 0 Å². The smallest absolute Gasteiger partial charge is 0.191 e. The average Bonchev–Trinajstić information content (AvgIpc) is 3.24. The standard InChI is InChI=1S/C23H39N5/c1-4-13-27-16-11-21(12-17-27)26-23(24-3)25-18-22(28-14-5-6-15-28)20-9-7-19(2)8-10-20/h7-10,21-22H,4-6,11-18H2,1-3H3,(H2,24,25,26). The number of benzene rings is 1. The minimum atomic E-state index is 0.410. The van der Waals surface area contributed by atoms with Gasteiger partial charge in [0.05, 0.1) is 6.04 Å². The number of piperidine rings is 1. The van der Waals surface area contributed by atoms with E-state index in [1.54, 1.807) is 0 Å². The fourth-order valence-corrected chi connectivity index (χ4v) is 4.50. The van der Waals surface area contributed by atoms with Crippen molar-refractivity contribution in [2.45, 2.75) is 58.0 Å². The summed E-state index contributed by atoms with van der Waals surface area (Å²) in [5, 5.41) is 7.30. The molecule has 0 aliphatic carbocycles. The molecule has 1 aromatic carbocycles. The molecule has 5 heteroatoms. The fraction of sp³-hybridized carbons (Fsp3) is 0.696. The maximum atomic E-state index is 4.51. The van der Waals surface area contributed by atoms with Gasteiger partial charge in [-0.15, -0.1) is 0 Å². The lowest BCUT2D eigenvalue weighted by Crippen LogP contribution is -2.50. The zero-order valence-corrected chi connectivity index (χ0v) is 18.1. The zero-order valence-electron chi connectivity index (χ0n) is 18.1. The second-order valence-corrected chi connectivity index (χ2v) is 8.38. The molecule has 1 atom stereocenters. The third kappa shape index (κ3) is 5.95. The van der Waals surface area contributed by atoms with Crippen molar-refractivity contribution in [3.8, 4) is 0 Å². The molecule has 5 nitrogen and oxygen atoms in total. The van der Waals surface area contributed by atoms with E-state index >= 15 is 0 Å². The summed E-state index contributed by atoms with van der Waals surface area (Å²) in [6.45, 7) is 11.3. The van der Waals surface area contributed by atoms with E-state index in [9.17, 15) is 0 Å². The van der Waals surface area contributed by atoms with Crippen molar-refractivity contribution in [1.82, 2.24) is 20.4 Å². The van der Waals surface area contributed by atoms with Crippen molar-refractivity contribution in [2.75, 3.05) is 46.3 Å². The number of aliphatic imine (C=N–C) groups is 1. The highest BCUT2D eigenvalue weighted by molar-refractivity contribution is 5.80. The number of guanidine groups is 1. The molecule has 2 saturated heterocycles. The SMILES string of the molecule is CCCN1CCC(NC(=NC)NCC(c2ccc(C)cc2)N2CCCC2)CC1. The van der Waals surface area contributed by atoms with E-state index in [4.69, 9.17) is 0 Å². The molecule has 156 valence electrons. The van der Waals surface area contributed by atoms with Crippen molar-refractivity contribution < 1.29 is 0 Å². The first-order valence-corrected chi connectivity index (χ1v) is 11.2. The molecule has 0 spiro atoms. The van der Waals surface area contributed by atoms with Crippen molar-refractivity contribution in [2.24, 2.45) is 4.99 Å². The summed E-state index contributed by atoms with van der Waals surface area (Å²) in [6.07, 6.45) is 6.28. The lowest BCUT2D eigenvalue weighted by molar-refractivity contribution is 0.206. The van der Waals surface area contributed by atoms with Crippen LogP contribution in [0, 0.1) is 6.92 Å². The van der Waals surface area contributed by atoms with Crippen molar-refractivity contribution in [3.63, 3.8) is 0 Å². The normalized spacial score (nSPS) is 21.0. The summed E-state index contributed by atoms with van der Waals surface area (Å²) in [7, 11) is 1.89. The first kappa shape index (κ1) is 21.1. The fourth-order valence-electron chi connectivity index (χ4n) is 4.50. The zero-order chi connectivity index (χ0) is 19.8. The van der Waals surface area contributed by atoms with Crippen molar-refractivity contribution in [1.29, 1.82) is 0 Å². The van der Waals surface area contributed by atoms with E-state index in [1.165, 1.54) is 76.0 Å². The Morgan fingerprint density at radius 1 is 1.11 bits per heavy atom. The quantitative estimate of drug-likeness (QED) is 0.559. The highest BCUT2D eigenvalue weighted by Gasteiger charge is 2.24. The third-order valence-electron chi connectivity index (χ3n) is 6.20. The van der Waals surface area contributed by atoms with Crippen LogP contribution in [0.25, 0.3) is 0 Å². The van der Waals surface area contributed by atoms with Crippen LogP contribution in [0.3, 0.4) is 0 Å². The summed E-state index contributed by atoms with van der Waals surface area (Å²) in [5.41, 5.74) is 2.73. The summed E-state index contributed by atoms with van der Waals surface area (Å²) in [6, 6.07) is 9.99. The predicted octanol–water partition coefficient (Wildman–Crippen LogP) is 3.17. The molecule has 0 bridgehead atoms. The Labute approximate surface area is 171 Å². The lowest BCUT2D eigenvalue weighted by Gasteiger charge is -2.33. The van der Waals surface area contributed by atoms with Crippen LogP contribution in [0.15, 0.2) is 29.3 Å². The van der Waals surface area contributed by atoms with Gasteiger partial charge in [0.15, 0.2) is 5.96 Å². The van der Waals surface area contributed by atoms with E-state index < -0.39 is 0 Å². The predicted molar refractivity (Wildman–Crippen MR) is 119 cm³/mol. The van der Waals surface area contributed by atoms with E-state index in [2.05, 4.69) is 63.5 Å². The number of likely N-dealkylation sites (tertiary alicyclic amines) is 2. The molecule has 2 fully saturated rings. The molecule has 0 amide bonds. The minimum absolute atomic E-state index is 0.410. The van der Waals surface area contributed by atoms with Crippen LogP contribution in [-0.2, 0) is 0 Å². The summed E-state index contributed by atoms with van der Waals surface area (Å²) in [5.74, 6) is 0.949. The molecular formula is C23H39N5. The molecular weight excluding hydrogens is 346 g/mol. The molecule has 0 radical (unpaired) electrons. The van der Waals surface area contributed by atoms with Gasteiger partial charge in [0.2, 0.25) is 0 Å². The maximum Gasteiger partial charge on any atom is 0.191 e. The number of nitrogens with one attached hydrogen (secondary N) is 2. The van der Waals surface area contributed by atoms with Crippen LogP contribution in [0.5, 0.6) is 0 Å². The number of hydrogen-bond donors (Lipinski definition) is 2. The largest absolute Gasteiger partial charge is 0.354 e. The van der Waals surface area contributed by atoms with Gasteiger partial charge in [0.1, 0.15) is 0 Å². The van der Waals surface area contributed by atoms with Crippen LogP contribution in [0.4, 0.5) is 0 Å². The second-order valence-electron chi connectivity index (χ2n) is 8.38. The van der Waals surface area contributed by atoms with E-state index in [-0.39, 0.29) is 0 Å². The first-order chi connectivity index (χ1) is 13.7. The molecule has 2 aliphatic rings. The topological polar surface area (TPSA) is 42.9 Å². The average molecular weight is 386 g/mol. The van der Waals surface area contributed by atoms with E-state index in [0.717, 1.165) is 12.5 Å². The number of nitrogens with zero attached hydrogens (tertiary/aromatic N) is 3. The number of aryl methyl sites for hydroxylation is 1. The Hall–Kier alpha value is -1.59. The Bertz CT molecular complexity index is 598. The second kappa shape index (κ2) is 10.8. The Balaban J connectivity index is 1.54. The molecule has 3 rings (SSSR count). The highest BCUT2D eigenvalue weighted by atomic mass is 15.2. The van der Waals surface area contributed by atoms with Crippen LogP contribution in [0.1, 0.15) is 56.2 Å². The molecule has 2 heterocycles. The van der Waals surface area contributed by atoms with Gasteiger partial charge in [-0.05, 0) is 64.2 Å². The molecule has 28 heavy (non-hydrogen) atoms. The molecule has 1 aromatic rings. The van der Waals surface area contributed by atoms with Gasteiger partial charge in [-0.2, -0.15) is 0 Å². The molecule has 1 unspecified atom stereocenters. The van der Waals surface area contributed by atoms with Gasteiger partial charge in [-0.1, -0.05) is 36.8 Å². The highest BCUT2D eigenvalue weighted by Crippen LogP contribution is 2.25. The van der Waals surface area contributed by atoms with Crippen LogP contribution in [-0.4, -0.2) is 68.1 Å². The molecule has 0 saturated carbocycles. The van der Waals surface area contributed by atoms with E-state index in [0.29, 0.717) is 12.1 Å². The van der Waals surface area contributed by atoms with Crippen molar-refractivity contribution in [3.05, 3.63) is 35.4 Å². The van der Waals surface area contributed by atoms with Gasteiger partial charge >= 0.3 is 0 Å². The molecule has 2 aliphatic heterocycles. The molecule has 2 N–H and O–H groups in total. The van der Waals surface area contributed by atoms with Gasteiger partial charge < -0.3 is 15.5 Å². The summed E-state index contributed by atoms with van der Waals surface area (Å²) < 4.78 is 0. The Morgan fingerprint density at radius 2 is 1.79 bits per heavy atom. The van der Waals surface area contributed by atoms with Gasteiger partial charge in [0.25, 0.3) is 0 Å². The third-order valence-corrected chi connectivity index (χ3v) is 6.20. The van der Waals surface area contributed by atoms with Crippen molar-refractivity contribution >= 4 is 5.96 Å². The van der Waals surface area contributed by atoms with Gasteiger partial charge in [-0.3, -0.25) is 9.89 Å². The minimum Gasteiger partial charge on any atom is -0.354 e. The summed E-state index contributed by atoms with van der Waals surface area (Å²) >= 11 is 0. The lowest BCUT2D eigenvalue weighted by atomic mass is 10.0. The number of hydrogen-bond acceptors (Lipinski definition) is 3. The first-order valence-electron chi connectivity index (χ1n) is 11.2. The monoisotopic (exact) mass is 385 g/mol. The van der Waals surface area contributed by atoms with E-state index in [1.807, 2.05) is 7.05 Å². The maximum absolute atomic E-state index is 4.51. The van der Waals surface area contributed by atoms with Crippen LogP contribution >= 0.6 is 0 Å².